The van der Waals surface area contributed by atoms with Gasteiger partial charge >= 0.3 is 0 Å². The summed E-state index contributed by atoms with van der Waals surface area (Å²) in [7, 11) is 0. The lowest BCUT2D eigenvalue weighted by molar-refractivity contribution is 1.27. The quantitative estimate of drug-likeness (QED) is 0.0614. The molecular formula is C57H51N7. The molecule has 0 unspecified atom stereocenters. The highest BCUT2D eigenvalue weighted by Crippen LogP contribution is 2.58. The van der Waals surface area contributed by atoms with E-state index in [-0.39, 0.29) is 0 Å². The van der Waals surface area contributed by atoms with Crippen molar-refractivity contribution in [2.75, 3.05) is 36.8 Å². The number of nitrogens with zero attached hydrogens (tertiary/aromatic N) is 1. The molecule has 9 aromatic carbocycles. The van der Waals surface area contributed by atoms with Crippen LogP contribution in [0.1, 0.15) is 16.7 Å². The monoisotopic (exact) mass is 833 g/mol. The van der Waals surface area contributed by atoms with Crippen LogP contribution in [-0.2, 0) is 0 Å². The first-order chi connectivity index (χ1) is 31.4. The molecule has 0 aliphatic rings. The number of rotatable bonds is 15. The van der Waals surface area contributed by atoms with Crippen LogP contribution in [0.25, 0.3) is 0 Å². The van der Waals surface area contributed by atoms with Crippen molar-refractivity contribution >= 4 is 85.3 Å². The Morgan fingerprint density at radius 2 is 0.609 bits per heavy atom. The van der Waals surface area contributed by atoms with Crippen molar-refractivity contribution in [2.45, 2.75) is 20.8 Å². The molecule has 9 rings (SSSR count). The van der Waals surface area contributed by atoms with Crippen molar-refractivity contribution in [1.82, 2.24) is 0 Å². The molecule has 0 aromatic heterocycles. The Kier molecular flexibility index (Phi) is 12.2. The van der Waals surface area contributed by atoms with E-state index in [1.807, 2.05) is 18.2 Å². The summed E-state index contributed by atoms with van der Waals surface area (Å²) in [6, 6.07) is 75.7. The van der Waals surface area contributed by atoms with Gasteiger partial charge in [0.25, 0.3) is 0 Å². The molecule has 7 heteroatoms. The standard InChI is InChI=1S/C57H51N7/c1-40-21-18-30-46(37-40)61-52-53(59-44-26-10-5-11-27-44)55(62-47-31-19-22-41(2)38-47)57(56(63-48-32-20-23-42(3)39-48)54(52)60-45-28-12-6-13-29-45)64(49-33-14-7-15-34-49)51-36-17-16-35-50(51)58-43-24-8-4-9-25-43/h4-39,58-63H,1-3H3. The van der Waals surface area contributed by atoms with Gasteiger partial charge in [-0.3, -0.25) is 0 Å². The first-order valence-electron chi connectivity index (χ1n) is 21.6. The Hall–Kier alpha value is -8.42. The molecule has 6 N–H and O–H groups in total. The van der Waals surface area contributed by atoms with Gasteiger partial charge in [0, 0.05) is 39.8 Å². The molecule has 0 saturated heterocycles. The van der Waals surface area contributed by atoms with E-state index >= 15 is 0 Å². The maximum atomic E-state index is 4.03. The highest BCUT2D eigenvalue weighted by molar-refractivity contribution is 6.15. The van der Waals surface area contributed by atoms with Crippen LogP contribution in [0.3, 0.4) is 0 Å². The second-order valence-electron chi connectivity index (χ2n) is 15.9. The van der Waals surface area contributed by atoms with Gasteiger partial charge in [-0.25, -0.2) is 0 Å². The smallest absolute Gasteiger partial charge is 0.0980 e. The zero-order chi connectivity index (χ0) is 43.7. The van der Waals surface area contributed by atoms with Gasteiger partial charge in [0.15, 0.2) is 0 Å². The molecule has 0 aliphatic carbocycles. The van der Waals surface area contributed by atoms with Gasteiger partial charge in [0.05, 0.1) is 45.5 Å². The van der Waals surface area contributed by atoms with Gasteiger partial charge in [-0.05, 0) is 135 Å². The maximum absolute atomic E-state index is 4.03. The van der Waals surface area contributed by atoms with E-state index in [0.29, 0.717) is 0 Å². The minimum atomic E-state index is 0.826. The maximum Gasteiger partial charge on any atom is 0.0980 e. The Labute approximate surface area is 376 Å². The number of para-hydroxylation sites is 6. The highest BCUT2D eigenvalue weighted by atomic mass is 15.2. The lowest BCUT2D eigenvalue weighted by Gasteiger charge is -2.36. The average Bonchev–Trinajstić information content (AvgIpc) is 3.31. The van der Waals surface area contributed by atoms with E-state index in [4.69, 9.17) is 0 Å². The van der Waals surface area contributed by atoms with E-state index in [9.17, 15) is 0 Å². The van der Waals surface area contributed by atoms with E-state index in [1.165, 1.54) is 0 Å². The normalized spacial score (nSPS) is 10.7. The first-order valence-corrected chi connectivity index (χ1v) is 21.6. The molecule has 0 heterocycles. The SMILES string of the molecule is Cc1cccc(Nc2c(Nc3ccccc3)c(Nc3cccc(C)c3)c(N(c3ccccc3)c3ccccc3Nc3ccccc3)c(Nc3cccc(C)c3)c2Nc2ccccc2)c1. The van der Waals surface area contributed by atoms with E-state index in [2.05, 4.69) is 258 Å². The zero-order valence-corrected chi connectivity index (χ0v) is 36.2. The molecular weight excluding hydrogens is 783 g/mol. The second kappa shape index (κ2) is 19.1. The van der Waals surface area contributed by atoms with E-state index in [1.54, 1.807) is 0 Å². The molecule has 0 fully saturated rings. The van der Waals surface area contributed by atoms with Crippen LogP contribution >= 0.6 is 0 Å². The third-order valence-electron chi connectivity index (χ3n) is 10.9. The summed E-state index contributed by atoms with van der Waals surface area (Å²) in [6.07, 6.45) is 0. The van der Waals surface area contributed by atoms with Crippen LogP contribution in [0, 0.1) is 20.8 Å². The lowest BCUT2D eigenvalue weighted by atomic mass is 10.0. The Morgan fingerprint density at radius 3 is 1.05 bits per heavy atom. The van der Waals surface area contributed by atoms with Crippen molar-refractivity contribution in [1.29, 1.82) is 0 Å². The van der Waals surface area contributed by atoms with E-state index in [0.717, 1.165) is 102 Å². The van der Waals surface area contributed by atoms with Gasteiger partial charge < -0.3 is 36.8 Å². The third-order valence-corrected chi connectivity index (χ3v) is 10.9. The van der Waals surface area contributed by atoms with Gasteiger partial charge in [0.1, 0.15) is 0 Å². The molecule has 0 spiro atoms. The summed E-state index contributed by atoms with van der Waals surface area (Å²) in [5.74, 6) is 0. The Balaban J connectivity index is 1.46. The fourth-order valence-electron chi connectivity index (χ4n) is 7.93. The number of hydrogen-bond acceptors (Lipinski definition) is 7. The first kappa shape index (κ1) is 41.0. The summed E-state index contributed by atoms with van der Waals surface area (Å²) in [4.78, 5) is 2.35. The fourth-order valence-corrected chi connectivity index (χ4v) is 7.93. The van der Waals surface area contributed by atoms with Crippen molar-refractivity contribution < 1.29 is 0 Å². The van der Waals surface area contributed by atoms with Crippen molar-refractivity contribution in [3.8, 4) is 0 Å². The zero-order valence-electron chi connectivity index (χ0n) is 36.2. The van der Waals surface area contributed by atoms with Crippen LogP contribution in [0.4, 0.5) is 85.3 Å². The Bertz CT molecular complexity index is 2860. The van der Waals surface area contributed by atoms with Crippen LogP contribution < -0.4 is 36.8 Å². The Morgan fingerprint density at radius 1 is 0.281 bits per heavy atom. The molecule has 0 bridgehead atoms. The van der Waals surface area contributed by atoms with Crippen LogP contribution in [0.15, 0.2) is 218 Å². The molecule has 0 radical (unpaired) electrons. The van der Waals surface area contributed by atoms with Crippen molar-refractivity contribution in [3.05, 3.63) is 235 Å². The molecule has 7 nitrogen and oxygen atoms in total. The number of hydrogen-bond donors (Lipinski definition) is 6. The summed E-state index contributed by atoms with van der Waals surface area (Å²) < 4.78 is 0. The molecule has 0 aliphatic heterocycles. The lowest BCUT2D eigenvalue weighted by Crippen LogP contribution is -2.18. The summed E-state index contributed by atoms with van der Waals surface area (Å²) >= 11 is 0. The van der Waals surface area contributed by atoms with E-state index < -0.39 is 0 Å². The van der Waals surface area contributed by atoms with Crippen molar-refractivity contribution in [2.24, 2.45) is 0 Å². The molecule has 0 atom stereocenters. The van der Waals surface area contributed by atoms with Gasteiger partial charge in [0.2, 0.25) is 0 Å². The predicted molar refractivity (Wildman–Crippen MR) is 274 cm³/mol. The number of nitrogens with one attached hydrogen (secondary N) is 6. The number of benzene rings is 9. The van der Waals surface area contributed by atoms with Gasteiger partial charge in [-0.2, -0.15) is 0 Å². The number of anilines is 15. The molecule has 64 heavy (non-hydrogen) atoms. The highest BCUT2D eigenvalue weighted by Gasteiger charge is 2.32. The molecule has 0 amide bonds. The van der Waals surface area contributed by atoms with Gasteiger partial charge in [-0.1, -0.05) is 121 Å². The number of aryl methyl sites for hydroxylation is 3. The average molecular weight is 834 g/mol. The molecule has 0 saturated carbocycles. The van der Waals surface area contributed by atoms with Crippen LogP contribution in [-0.4, -0.2) is 0 Å². The third kappa shape index (κ3) is 9.54. The second-order valence-corrected chi connectivity index (χ2v) is 15.9. The molecule has 9 aromatic rings. The largest absolute Gasteiger partial charge is 0.354 e. The van der Waals surface area contributed by atoms with Gasteiger partial charge in [-0.15, -0.1) is 0 Å². The van der Waals surface area contributed by atoms with Crippen LogP contribution in [0.2, 0.25) is 0 Å². The summed E-state index contributed by atoms with van der Waals surface area (Å²) in [6.45, 7) is 6.37. The topological polar surface area (TPSA) is 75.4 Å². The minimum absolute atomic E-state index is 0.826. The molecule has 314 valence electrons. The van der Waals surface area contributed by atoms with Crippen LogP contribution in [0.5, 0.6) is 0 Å². The van der Waals surface area contributed by atoms with Crippen molar-refractivity contribution in [3.63, 3.8) is 0 Å². The summed E-state index contributed by atoms with van der Waals surface area (Å²) in [5.41, 5.74) is 16.9. The minimum Gasteiger partial charge on any atom is -0.354 e. The summed E-state index contributed by atoms with van der Waals surface area (Å²) in [5, 5.41) is 23.7. The fraction of sp³-hybridized carbons (Fsp3) is 0.0526. The predicted octanol–water partition coefficient (Wildman–Crippen LogP) is 16.5.